The molecule has 3 N–H and O–H groups in total. The Bertz CT molecular complexity index is 2120. The van der Waals surface area contributed by atoms with Crippen LogP contribution in [0.1, 0.15) is 102 Å². The molecule has 13 nitrogen and oxygen atoms in total. The minimum Gasteiger partial charge on any atom is -0.483 e. The number of hydrogen-bond acceptors (Lipinski definition) is 8. The maximum absolute atomic E-state index is 14.8. The minimum absolute atomic E-state index is 0.0832. The molecule has 4 amide bonds. The Morgan fingerprint density at radius 3 is 2.52 bits per heavy atom. The van der Waals surface area contributed by atoms with Crippen LogP contribution in [0.2, 0.25) is 0 Å². The molecule has 1 spiro atoms. The number of hydrogen-bond donors (Lipinski definition) is 3. The lowest BCUT2D eigenvalue weighted by Crippen LogP contribution is -2.59. The number of nitrogens with zero attached hydrogens (tertiary/aromatic N) is 3. The quantitative estimate of drug-likeness (QED) is 0.336. The van der Waals surface area contributed by atoms with Gasteiger partial charge in [-0.15, -0.1) is 0 Å². The number of alkyl halides is 3. The van der Waals surface area contributed by atoms with Gasteiger partial charge in [-0.1, -0.05) is 37.1 Å². The Kier molecular flexibility index (Phi) is 9.88. The number of ether oxygens (including phenoxy) is 1. The first-order valence-electron chi connectivity index (χ1n) is 19.3. The Balaban J connectivity index is 1.27. The minimum atomic E-state index is -4.64. The number of benzene rings is 1. The van der Waals surface area contributed by atoms with Gasteiger partial charge in [0, 0.05) is 29.3 Å². The third-order valence-corrected chi connectivity index (χ3v) is 14.6. The molecule has 17 heteroatoms. The van der Waals surface area contributed by atoms with Crippen molar-refractivity contribution in [2.75, 3.05) is 6.54 Å². The van der Waals surface area contributed by atoms with E-state index in [1.54, 1.807) is 33.8 Å². The van der Waals surface area contributed by atoms with Crippen molar-refractivity contribution in [2.24, 2.45) is 5.92 Å². The van der Waals surface area contributed by atoms with E-state index in [-0.39, 0.29) is 61.0 Å². The zero-order valence-electron chi connectivity index (χ0n) is 31.9. The summed E-state index contributed by atoms with van der Waals surface area (Å²) in [5, 5.41) is 13.4. The van der Waals surface area contributed by atoms with Crippen LogP contribution in [0.15, 0.2) is 30.4 Å². The predicted molar refractivity (Wildman–Crippen MR) is 198 cm³/mol. The summed E-state index contributed by atoms with van der Waals surface area (Å²) in [4.78, 5) is 62.7. The van der Waals surface area contributed by atoms with Crippen molar-refractivity contribution in [1.29, 1.82) is 0 Å². The van der Waals surface area contributed by atoms with Crippen LogP contribution < -0.4 is 14.8 Å². The molecule has 56 heavy (non-hydrogen) atoms. The van der Waals surface area contributed by atoms with Crippen molar-refractivity contribution >= 4 is 44.7 Å². The monoisotopic (exact) mass is 803 g/mol. The van der Waals surface area contributed by atoms with Crippen molar-refractivity contribution in [3.8, 4) is 5.75 Å². The SMILES string of the molecule is Cc1nc2c(C(F)(F)F)cccc2c2c1O[C@]1(CC2)C[C@H]2C(=O)N[C@]3(C(=O)NS(=O)(=O)C4(C)CC4)C[C@H]3/C=C\CCCCC[C@H](N(C(=O)O)C(C)C)C(=O)N2C1. The van der Waals surface area contributed by atoms with E-state index in [0.717, 1.165) is 11.0 Å². The summed E-state index contributed by atoms with van der Waals surface area (Å²) in [6.45, 7) is 6.26. The van der Waals surface area contributed by atoms with E-state index in [2.05, 4.69) is 15.0 Å². The number of aryl methyl sites for hydroxylation is 2. The third kappa shape index (κ3) is 6.97. The van der Waals surface area contributed by atoms with E-state index >= 15 is 0 Å². The summed E-state index contributed by atoms with van der Waals surface area (Å²) in [6, 6.07) is 0.829. The standard InChI is InChI=1S/C39H48F3N5O8S/c1-22(2)47(35(51)52)28-14-9-7-5-6-8-11-24-19-38(24,34(50)45-56(53,54)36(4)17-18-36)44-32(48)29-20-37(21-46(29)33(28)49)16-15-26-25-12-10-13-27(39(40,41)42)30(25)43-23(3)31(26)55-37/h8,10-13,22,24,28-29H,5-7,9,14-21H2,1-4H3,(H,44,48)(H,45,50)(H,51,52)/b11-8-/t24-,28+,29+,37-,38-/m1/s1. The number of carbonyl (C=O) groups excluding carboxylic acids is 3. The Morgan fingerprint density at radius 2 is 1.86 bits per heavy atom. The molecule has 2 aliphatic carbocycles. The number of para-hydroxylation sites is 1. The second-order valence-corrected chi connectivity index (χ2v) is 18.9. The summed E-state index contributed by atoms with van der Waals surface area (Å²) < 4.78 is 76.1. The van der Waals surface area contributed by atoms with Crippen molar-refractivity contribution in [3.05, 3.63) is 47.2 Å². The normalized spacial score (nSPS) is 29.6. The zero-order valence-corrected chi connectivity index (χ0v) is 32.7. The smallest absolute Gasteiger partial charge is 0.418 e. The number of fused-ring (bicyclic) bond motifs is 5. The number of sulfonamides is 1. The van der Waals surface area contributed by atoms with Crippen molar-refractivity contribution in [3.63, 3.8) is 0 Å². The van der Waals surface area contributed by atoms with Gasteiger partial charge in [-0.05, 0) is 85.1 Å². The molecule has 0 unspecified atom stereocenters. The Hall–Kier alpha value is -4.41. The van der Waals surface area contributed by atoms with E-state index < -0.39 is 85.5 Å². The number of pyridine rings is 1. The van der Waals surface area contributed by atoms with Gasteiger partial charge in [-0.2, -0.15) is 13.2 Å². The predicted octanol–water partition coefficient (Wildman–Crippen LogP) is 5.38. The average molecular weight is 804 g/mol. The molecule has 1 aromatic heterocycles. The Morgan fingerprint density at radius 1 is 1.12 bits per heavy atom. The summed E-state index contributed by atoms with van der Waals surface area (Å²) in [5.41, 5.74) is -3.20. The van der Waals surface area contributed by atoms with Gasteiger partial charge >= 0.3 is 12.3 Å². The molecule has 0 radical (unpaired) electrons. The molecule has 4 heterocycles. The highest BCUT2D eigenvalue weighted by atomic mass is 32.2. The maximum atomic E-state index is 14.8. The second-order valence-electron chi connectivity index (χ2n) is 16.7. The van der Waals surface area contributed by atoms with E-state index in [1.165, 1.54) is 11.0 Å². The summed E-state index contributed by atoms with van der Waals surface area (Å²) in [7, 11) is -4.06. The number of halogens is 3. The lowest BCUT2D eigenvalue weighted by molar-refractivity contribution is -0.144. The van der Waals surface area contributed by atoms with Crippen LogP contribution in [0.3, 0.4) is 0 Å². The molecule has 3 fully saturated rings. The molecule has 5 aliphatic rings. The van der Waals surface area contributed by atoms with Crippen LogP contribution in [-0.4, -0.2) is 92.7 Å². The van der Waals surface area contributed by atoms with Crippen LogP contribution in [0, 0.1) is 12.8 Å². The van der Waals surface area contributed by atoms with Gasteiger partial charge in [0.2, 0.25) is 21.8 Å². The van der Waals surface area contributed by atoms with Gasteiger partial charge in [0.1, 0.15) is 29.0 Å². The molecular weight excluding hydrogens is 756 g/mol. The molecule has 7 rings (SSSR count). The topological polar surface area (TPSA) is 175 Å². The van der Waals surface area contributed by atoms with Gasteiger partial charge in [-0.25, -0.2) is 18.2 Å². The fraction of sp³-hybridized carbons (Fsp3) is 0.615. The highest BCUT2D eigenvalue weighted by Crippen LogP contribution is 2.49. The summed E-state index contributed by atoms with van der Waals surface area (Å²) >= 11 is 0. The number of amides is 4. The highest BCUT2D eigenvalue weighted by molar-refractivity contribution is 7.91. The van der Waals surface area contributed by atoms with Crippen LogP contribution in [0.5, 0.6) is 5.75 Å². The lowest BCUT2D eigenvalue weighted by atomic mass is 9.86. The van der Waals surface area contributed by atoms with E-state index in [4.69, 9.17) is 4.74 Å². The molecule has 1 saturated heterocycles. The van der Waals surface area contributed by atoms with Gasteiger partial charge in [0.05, 0.1) is 28.1 Å². The number of aromatic nitrogens is 1. The fourth-order valence-electron chi connectivity index (χ4n) is 8.76. The number of carbonyl (C=O) groups is 4. The largest absolute Gasteiger partial charge is 0.483 e. The van der Waals surface area contributed by atoms with Gasteiger partial charge in [-0.3, -0.25) is 24.0 Å². The fourth-order valence-corrected chi connectivity index (χ4v) is 10.1. The molecule has 3 aliphatic heterocycles. The Labute approximate surface area is 323 Å². The molecule has 304 valence electrons. The van der Waals surface area contributed by atoms with Crippen LogP contribution in [-0.2, 0) is 37.0 Å². The molecule has 5 atom stereocenters. The van der Waals surface area contributed by atoms with E-state index in [1.807, 2.05) is 12.2 Å². The van der Waals surface area contributed by atoms with E-state index in [0.29, 0.717) is 44.1 Å². The first-order chi connectivity index (χ1) is 26.2. The van der Waals surface area contributed by atoms with Crippen molar-refractivity contribution in [2.45, 2.75) is 139 Å². The van der Waals surface area contributed by atoms with Crippen molar-refractivity contribution < 1.29 is 50.6 Å². The first-order valence-corrected chi connectivity index (χ1v) is 20.8. The number of carboxylic acid groups (broad SMARTS) is 1. The van der Waals surface area contributed by atoms with Gasteiger partial charge in [0.25, 0.3) is 5.91 Å². The van der Waals surface area contributed by atoms with Crippen LogP contribution in [0.25, 0.3) is 10.9 Å². The third-order valence-electron chi connectivity index (χ3n) is 12.4. The first kappa shape index (κ1) is 39.8. The number of nitrogens with one attached hydrogen (secondary N) is 2. The van der Waals surface area contributed by atoms with Crippen molar-refractivity contribution in [1.82, 2.24) is 24.8 Å². The summed E-state index contributed by atoms with van der Waals surface area (Å²) in [5.74, 6) is -2.47. The molecule has 1 aromatic carbocycles. The molecule has 2 aromatic rings. The maximum Gasteiger partial charge on any atom is 0.418 e. The number of allylic oxidation sites excluding steroid dienone is 1. The summed E-state index contributed by atoms with van der Waals surface area (Å²) in [6.07, 6.45) is 1.75. The second kappa shape index (κ2) is 13.9. The van der Waals surface area contributed by atoms with Gasteiger partial charge in [0.15, 0.2) is 0 Å². The molecular formula is C39H48F3N5O8S. The van der Waals surface area contributed by atoms with Crippen LogP contribution in [0.4, 0.5) is 18.0 Å². The lowest BCUT2D eigenvalue weighted by Gasteiger charge is -2.38. The molecule has 2 saturated carbocycles. The van der Waals surface area contributed by atoms with Gasteiger partial charge < -0.3 is 20.1 Å². The highest BCUT2D eigenvalue weighted by Gasteiger charge is 2.64. The average Bonchev–Trinajstić information content (AvgIpc) is 4.00. The zero-order chi connectivity index (χ0) is 40.6. The van der Waals surface area contributed by atoms with E-state index in [9.17, 15) is 45.9 Å². The molecule has 0 bridgehead atoms. The van der Waals surface area contributed by atoms with Crippen LogP contribution >= 0.6 is 0 Å². The number of rotatable bonds is 5.